The third kappa shape index (κ3) is 4.77. The molecule has 0 unspecified atom stereocenters. The molecule has 21 heavy (non-hydrogen) atoms. The molecule has 0 radical (unpaired) electrons. The number of hydrogen-bond acceptors (Lipinski definition) is 1. The lowest BCUT2D eigenvalue weighted by Crippen LogP contribution is -2.29. The molecule has 2 heteroatoms. The van der Waals surface area contributed by atoms with Gasteiger partial charge in [-0.25, -0.2) is 0 Å². The third-order valence-corrected chi connectivity index (χ3v) is 3.10. The zero-order valence-electron chi connectivity index (χ0n) is 12.0. The summed E-state index contributed by atoms with van der Waals surface area (Å²) in [6.07, 6.45) is 5.20. The Labute approximate surface area is 126 Å². The Morgan fingerprint density at radius 3 is 2.24 bits per heavy atom. The van der Waals surface area contributed by atoms with Gasteiger partial charge in [0.05, 0.1) is 0 Å². The van der Waals surface area contributed by atoms with Crippen LogP contribution in [0.1, 0.15) is 11.1 Å². The summed E-state index contributed by atoms with van der Waals surface area (Å²) in [7, 11) is 0. The predicted octanol–water partition coefficient (Wildman–Crippen LogP) is 3.91. The van der Waals surface area contributed by atoms with E-state index in [1.807, 2.05) is 66.7 Å². The summed E-state index contributed by atoms with van der Waals surface area (Å²) in [4.78, 5) is 14.1. The van der Waals surface area contributed by atoms with E-state index < -0.39 is 0 Å². The Balaban J connectivity index is 2.05. The molecule has 0 aliphatic carbocycles. The van der Waals surface area contributed by atoms with Gasteiger partial charge >= 0.3 is 0 Å². The Kier molecular flexibility index (Phi) is 5.53. The first-order valence-electron chi connectivity index (χ1n) is 6.96. The first-order chi connectivity index (χ1) is 10.3. The van der Waals surface area contributed by atoms with Crippen molar-refractivity contribution >= 4 is 12.0 Å². The van der Waals surface area contributed by atoms with E-state index in [1.165, 1.54) is 0 Å². The summed E-state index contributed by atoms with van der Waals surface area (Å²) in [6.45, 7) is 4.85. The second-order valence-corrected chi connectivity index (χ2v) is 4.74. The number of carbonyl (C=O) groups is 1. The van der Waals surface area contributed by atoms with Gasteiger partial charge in [0.1, 0.15) is 0 Å². The van der Waals surface area contributed by atoms with Crippen molar-refractivity contribution in [1.82, 2.24) is 4.90 Å². The molecule has 0 bridgehead atoms. The first-order valence-corrected chi connectivity index (χ1v) is 6.96. The van der Waals surface area contributed by atoms with Crippen molar-refractivity contribution in [2.75, 3.05) is 6.54 Å². The number of rotatable bonds is 6. The Hall–Kier alpha value is -2.61. The second kappa shape index (κ2) is 7.85. The molecule has 0 aliphatic heterocycles. The highest BCUT2D eigenvalue weighted by atomic mass is 16.2. The fraction of sp³-hybridized carbons (Fsp3) is 0.105. The summed E-state index contributed by atoms with van der Waals surface area (Å²) in [5, 5.41) is 0. The van der Waals surface area contributed by atoms with E-state index in [1.54, 1.807) is 17.1 Å². The molecule has 0 saturated heterocycles. The molecule has 2 rings (SSSR count). The van der Waals surface area contributed by atoms with Gasteiger partial charge in [-0.1, -0.05) is 66.7 Å². The van der Waals surface area contributed by atoms with E-state index in [-0.39, 0.29) is 5.91 Å². The smallest absolute Gasteiger partial charge is 0.247 e. The summed E-state index contributed by atoms with van der Waals surface area (Å²) in [6, 6.07) is 19.8. The maximum Gasteiger partial charge on any atom is 0.247 e. The number of amides is 1. The number of nitrogens with zero attached hydrogens (tertiary/aromatic N) is 1. The monoisotopic (exact) mass is 277 g/mol. The number of benzene rings is 2. The molecule has 0 aliphatic rings. The summed E-state index contributed by atoms with van der Waals surface area (Å²) < 4.78 is 0. The van der Waals surface area contributed by atoms with E-state index in [0.29, 0.717) is 13.1 Å². The molecule has 0 saturated carbocycles. The highest BCUT2D eigenvalue weighted by molar-refractivity contribution is 5.91. The quantitative estimate of drug-likeness (QED) is 0.579. The average Bonchev–Trinajstić information content (AvgIpc) is 2.54. The predicted molar refractivity (Wildman–Crippen MR) is 87.5 cm³/mol. The molecule has 2 aromatic carbocycles. The van der Waals surface area contributed by atoms with Crippen LogP contribution in [0.3, 0.4) is 0 Å². The van der Waals surface area contributed by atoms with Crippen LogP contribution in [0, 0.1) is 0 Å². The molecule has 0 atom stereocenters. The molecule has 0 aromatic heterocycles. The van der Waals surface area contributed by atoms with Gasteiger partial charge in [-0.3, -0.25) is 4.79 Å². The minimum Gasteiger partial charge on any atom is -0.331 e. The topological polar surface area (TPSA) is 20.3 Å². The van der Waals surface area contributed by atoms with Gasteiger partial charge in [0.15, 0.2) is 0 Å². The van der Waals surface area contributed by atoms with Gasteiger partial charge in [-0.05, 0) is 17.2 Å². The summed E-state index contributed by atoms with van der Waals surface area (Å²) in [5.74, 6) is -0.0115. The molecular formula is C19H19NO. The maximum absolute atomic E-state index is 12.3. The van der Waals surface area contributed by atoms with E-state index in [4.69, 9.17) is 0 Å². The highest BCUT2D eigenvalue weighted by Crippen LogP contribution is 2.07. The van der Waals surface area contributed by atoms with Crippen LogP contribution >= 0.6 is 0 Å². The zero-order valence-corrected chi connectivity index (χ0v) is 12.0. The fourth-order valence-corrected chi connectivity index (χ4v) is 2.03. The van der Waals surface area contributed by atoms with Crippen molar-refractivity contribution < 1.29 is 4.79 Å². The normalized spacial score (nSPS) is 10.5. The molecule has 0 N–H and O–H groups in total. The van der Waals surface area contributed by atoms with E-state index in [2.05, 4.69) is 6.58 Å². The standard InChI is InChI=1S/C19H19NO/c1-2-15-20(16-18-11-7-4-8-12-18)19(21)14-13-17-9-5-3-6-10-17/h2-14H,1,15-16H2/b14-13+. The molecular weight excluding hydrogens is 258 g/mol. The molecule has 1 amide bonds. The van der Waals surface area contributed by atoms with Gasteiger partial charge in [-0.15, -0.1) is 6.58 Å². The lowest BCUT2D eigenvalue weighted by Gasteiger charge is -2.19. The van der Waals surface area contributed by atoms with Crippen LogP contribution < -0.4 is 0 Å². The minimum atomic E-state index is -0.0115. The SMILES string of the molecule is C=CCN(Cc1ccccc1)C(=O)/C=C/c1ccccc1. The van der Waals surface area contributed by atoms with Gasteiger partial charge in [0.25, 0.3) is 0 Å². The van der Waals surface area contributed by atoms with Crippen LogP contribution in [-0.2, 0) is 11.3 Å². The van der Waals surface area contributed by atoms with E-state index >= 15 is 0 Å². The van der Waals surface area contributed by atoms with Gasteiger partial charge in [0, 0.05) is 19.2 Å². The van der Waals surface area contributed by atoms with Crippen LogP contribution in [0.25, 0.3) is 6.08 Å². The van der Waals surface area contributed by atoms with E-state index in [0.717, 1.165) is 11.1 Å². The second-order valence-electron chi connectivity index (χ2n) is 4.74. The zero-order chi connectivity index (χ0) is 14.9. The van der Waals surface area contributed by atoms with Crippen LogP contribution in [0.15, 0.2) is 79.4 Å². The van der Waals surface area contributed by atoms with Crippen molar-refractivity contribution in [3.63, 3.8) is 0 Å². The van der Waals surface area contributed by atoms with E-state index in [9.17, 15) is 4.79 Å². The number of hydrogen-bond donors (Lipinski definition) is 0. The molecule has 106 valence electrons. The summed E-state index contributed by atoms with van der Waals surface area (Å²) >= 11 is 0. The lowest BCUT2D eigenvalue weighted by molar-refractivity contribution is -0.126. The molecule has 0 heterocycles. The van der Waals surface area contributed by atoms with Crippen molar-refractivity contribution in [3.05, 3.63) is 90.5 Å². The van der Waals surface area contributed by atoms with Crippen LogP contribution in [0.5, 0.6) is 0 Å². The fourth-order valence-electron chi connectivity index (χ4n) is 2.03. The first kappa shape index (κ1) is 14.8. The van der Waals surface area contributed by atoms with Gasteiger partial charge in [0.2, 0.25) is 5.91 Å². The van der Waals surface area contributed by atoms with Gasteiger partial charge < -0.3 is 4.90 Å². The van der Waals surface area contributed by atoms with Crippen molar-refractivity contribution in [2.45, 2.75) is 6.54 Å². The molecule has 2 nitrogen and oxygen atoms in total. The van der Waals surface area contributed by atoms with Crippen LogP contribution in [0.2, 0.25) is 0 Å². The Morgan fingerprint density at radius 1 is 1.00 bits per heavy atom. The Morgan fingerprint density at radius 2 is 1.62 bits per heavy atom. The lowest BCUT2D eigenvalue weighted by atomic mass is 10.2. The molecule has 0 fully saturated rings. The number of carbonyl (C=O) groups excluding carboxylic acids is 1. The molecule has 0 spiro atoms. The van der Waals surface area contributed by atoms with Crippen LogP contribution in [0.4, 0.5) is 0 Å². The highest BCUT2D eigenvalue weighted by Gasteiger charge is 2.09. The third-order valence-electron chi connectivity index (χ3n) is 3.10. The maximum atomic E-state index is 12.3. The minimum absolute atomic E-state index is 0.0115. The Bertz CT molecular complexity index is 602. The average molecular weight is 277 g/mol. The van der Waals surface area contributed by atoms with Crippen LogP contribution in [-0.4, -0.2) is 17.4 Å². The van der Waals surface area contributed by atoms with Crippen molar-refractivity contribution in [1.29, 1.82) is 0 Å². The largest absolute Gasteiger partial charge is 0.331 e. The van der Waals surface area contributed by atoms with Crippen molar-refractivity contribution in [3.8, 4) is 0 Å². The van der Waals surface area contributed by atoms with Crippen molar-refractivity contribution in [2.24, 2.45) is 0 Å². The summed E-state index contributed by atoms with van der Waals surface area (Å²) in [5.41, 5.74) is 2.13. The van der Waals surface area contributed by atoms with Gasteiger partial charge in [-0.2, -0.15) is 0 Å². The molecule has 2 aromatic rings.